The predicted octanol–water partition coefficient (Wildman–Crippen LogP) is -0.875. The van der Waals surface area contributed by atoms with Crippen molar-refractivity contribution in [3.8, 4) is 0 Å². The number of hydrogen-bond acceptors (Lipinski definition) is 2. The second-order valence-electron chi connectivity index (χ2n) is 1.67. The van der Waals surface area contributed by atoms with Crippen molar-refractivity contribution in [2.24, 2.45) is 0 Å². The monoisotopic (exact) mass is 129 g/mol. The van der Waals surface area contributed by atoms with Gasteiger partial charge < -0.3 is 10.6 Å². The molecule has 4 nitrogen and oxygen atoms in total. The fourth-order valence-corrected chi connectivity index (χ4v) is 0.429. The van der Waals surface area contributed by atoms with Gasteiger partial charge in [0, 0.05) is 6.92 Å². The van der Waals surface area contributed by atoms with Crippen LogP contribution >= 0.6 is 0 Å². The van der Waals surface area contributed by atoms with E-state index in [1.165, 1.54) is 13.3 Å². The first-order valence-electron chi connectivity index (χ1n) is 2.56. The molecule has 0 bridgehead atoms. The van der Waals surface area contributed by atoms with Crippen LogP contribution in [0.2, 0.25) is 0 Å². The Hall–Kier alpha value is -1.06. The Morgan fingerprint density at radius 3 is 2.56 bits per heavy atom. The summed E-state index contributed by atoms with van der Waals surface area (Å²) in [4.78, 5) is 19.9. The number of carbonyl (C=O) groups excluding carboxylic acids is 2. The highest BCUT2D eigenvalue weighted by atomic mass is 16.2. The van der Waals surface area contributed by atoms with Crippen LogP contribution in [0.4, 0.5) is 0 Å². The predicted molar refractivity (Wildman–Crippen MR) is 32.1 cm³/mol. The highest BCUT2D eigenvalue weighted by Gasteiger charge is 1.98. The van der Waals surface area contributed by atoms with E-state index >= 15 is 0 Å². The fourth-order valence-electron chi connectivity index (χ4n) is 0.429. The topological polar surface area (TPSA) is 58.2 Å². The maximum atomic E-state index is 10.2. The summed E-state index contributed by atoms with van der Waals surface area (Å²) in [6.45, 7) is 3.02. The zero-order valence-electron chi connectivity index (χ0n) is 5.39. The standard InChI is InChI=1S/C5H9N2O2/c1-4(6-3-8)7-5(2)9/h4H,1-2H3,(H,6,8)(H,7,9). The Morgan fingerprint density at radius 2 is 2.22 bits per heavy atom. The van der Waals surface area contributed by atoms with Crippen molar-refractivity contribution >= 4 is 12.3 Å². The molecule has 0 aliphatic rings. The van der Waals surface area contributed by atoms with Gasteiger partial charge in [-0.25, -0.2) is 0 Å². The van der Waals surface area contributed by atoms with E-state index in [1.807, 2.05) is 0 Å². The van der Waals surface area contributed by atoms with E-state index in [4.69, 9.17) is 0 Å². The molecule has 0 aliphatic heterocycles. The third-order valence-corrected chi connectivity index (χ3v) is 0.695. The lowest BCUT2D eigenvalue weighted by molar-refractivity contribution is -0.119. The van der Waals surface area contributed by atoms with Crippen molar-refractivity contribution < 1.29 is 9.59 Å². The summed E-state index contributed by atoms with van der Waals surface area (Å²) in [6.07, 6.45) is 1.12. The molecular weight excluding hydrogens is 120 g/mol. The minimum Gasteiger partial charge on any atom is -0.337 e. The number of hydrogen-bond donors (Lipinski definition) is 2. The molecule has 0 fully saturated rings. The molecule has 4 heteroatoms. The average molecular weight is 129 g/mol. The quantitative estimate of drug-likeness (QED) is 0.384. The van der Waals surface area contributed by atoms with Gasteiger partial charge in [-0.05, 0) is 6.92 Å². The lowest BCUT2D eigenvalue weighted by atomic mass is 10.5. The number of rotatable bonds is 3. The Morgan fingerprint density at radius 1 is 1.67 bits per heavy atom. The van der Waals surface area contributed by atoms with Crippen molar-refractivity contribution in [2.75, 3.05) is 0 Å². The van der Waals surface area contributed by atoms with Gasteiger partial charge in [-0.3, -0.25) is 9.59 Å². The normalized spacial score (nSPS) is 11.8. The third kappa shape index (κ3) is 4.80. The largest absolute Gasteiger partial charge is 0.337 e. The summed E-state index contributed by atoms with van der Waals surface area (Å²) < 4.78 is 0. The molecule has 0 rings (SSSR count). The van der Waals surface area contributed by atoms with Gasteiger partial charge in [-0.2, -0.15) is 0 Å². The molecule has 0 aromatic heterocycles. The average Bonchev–Trinajstić information content (AvgIpc) is 1.63. The maximum Gasteiger partial charge on any atom is 0.310 e. The van der Waals surface area contributed by atoms with E-state index in [2.05, 4.69) is 10.6 Å². The van der Waals surface area contributed by atoms with Crippen LogP contribution < -0.4 is 10.6 Å². The summed E-state index contributed by atoms with van der Waals surface area (Å²) in [7, 11) is 0. The molecule has 9 heavy (non-hydrogen) atoms. The van der Waals surface area contributed by atoms with E-state index in [-0.39, 0.29) is 12.1 Å². The molecule has 0 saturated heterocycles. The smallest absolute Gasteiger partial charge is 0.310 e. The summed E-state index contributed by atoms with van der Waals surface area (Å²) in [5.74, 6) is -0.176. The highest BCUT2D eigenvalue weighted by Crippen LogP contribution is 1.69. The van der Waals surface area contributed by atoms with Gasteiger partial charge in [-0.1, -0.05) is 0 Å². The lowest BCUT2D eigenvalue weighted by Crippen LogP contribution is -2.41. The second-order valence-corrected chi connectivity index (χ2v) is 1.67. The van der Waals surface area contributed by atoms with Crippen LogP contribution in [-0.2, 0) is 9.59 Å². The molecule has 1 unspecified atom stereocenters. The van der Waals surface area contributed by atoms with E-state index in [0.29, 0.717) is 0 Å². The van der Waals surface area contributed by atoms with Crippen molar-refractivity contribution in [3.63, 3.8) is 0 Å². The minimum atomic E-state index is -0.333. The number of nitrogens with one attached hydrogen (secondary N) is 2. The Kier molecular flexibility index (Phi) is 3.43. The molecule has 0 aromatic rings. The van der Waals surface area contributed by atoms with Gasteiger partial charge in [0.2, 0.25) is 5.91 Å². The molecule has 1 radical (unpaired) electrons. The van der Waals surface area contributed by atoms with Gasteiger partial charge in [0.15, 0.2) is 0 Å². The minimum absolute atomic E-state index is 0.176. The molecule has 0 heterocycles. The van der Waals surface area contributed by atoms with Gasteiger partial charge in [0.05, 0.1) is 6.17 Å². The van der Waals surface area contributed by atoms with Crippen LogP contribution in [0, 0.1) is 0 Å². The van der Waals surface area contributed by atoms with Gasteiger partial charge >= 0.3 is 6.41 Å². The zero-order chi connectivity index (χ0) is 7.28. The number of carbonyl (C=O) groups is 1. The van der Waals surface area contributed by atoms with Crippen LogP contribution in [0.5, 0.6) is 0 Å². The molecule has 51 valence electrons. The summed E-state index contributed by atoms with van der Waals surface area (Å²) in [5.41, 5.74) is 0. The Balaban J connectivity index is 3.37. The molecule has 2 N–H and O–H groups in total. The van der Waals surface area contributed by atoms with Crippen molar-refractivity contribution in [1.82, 2.24) is 10.6 Å². The Labute approximate surface area is 53.6 Å². The van der Waals surface area contributed by atoms with Crippen LogP contribution in [0.1, 0.15) is 13.8 Å². The third-order valence-electron chi connectivity index (χ3n) is 0.695. The molecule has 0 aliphatic carbocycles. The molecule has 0 saturated carbocycles. The highest BCUT2D eigenvalue weighted by molar-refractivity contribution is 5.73. The van der Waals surface area contributed by atoms with Crippen molar-refractivity contribution in [3.05, 3.63) is 0 Å². The first-order chi connectivity index (χ1) is 4.16. The second kappa shape index (κ2) is 3.88. The van der Waals surface area contributed by atoms with Gasteiger partial charge in [-0.15, -0.1) is 0 Å². The van der Waals surface area contributed by atoms with Crippen LogP contribution in [-0.4, -0.2) is 18.5 Å². The fraction of sp³-hybridized carbons (Fsp3) is 0.600. The molecule has 1 atom stereocenters. The van der Waals surface area contributed by atoms with Gasteiger partial charge in [0.1, 0.15) is 0 Å². The first kappa shape index (κ1) is 7.94. The Bertz CT molecular complexity index is 114. The lowest BCUT2D eigenvalue weighted by Gasteiger charge is -2.08. The van der Waals surface area contributed by atoms with Gasteiger partial charge in [0.25, 0.3) is 0 Å². The van der Waals surface area contributed by atoms with E-state index in [0.717, 1.165) is 0 Å². The van der Waals surface area contributed by atoms with Crippen LogP contribution in [0.25, 0.3) is 0 Å². The SMILES string of the molecule is CC(=O)NC(C)N[C]=O. The van der Waals surface area contributed by atoms with Crippen LogP contribution in [0.15, 0.2) is 0 Å². The molecule has 0 spiro atoms. The zero-order valence-corrected chi connectivity index (χ0v) is 5.39. The summed E-state index contributed by atoms with van der Waals surface area (Å²) >= 11 is 0. The van der Waals surface area contributed by atoms with E-state index in [1.54, 1.807) is 6.92 Å². The maximum absolute atomic E-state index is 10.2. The summed E-state index contributed by atoms with van der Waals surface area (Å²) in [6, 6.07) is 0. The van der Waals surface area contributed by atoms with E-state index < -0.39 is 0 Å². The summed E-state index contributed by atoms with van der Waals surface area (Å²) in [5, 5.41) is 4.67. The van der Waals surface area contributed by atoms with Crippen molar-refractivity contribution in [2.45, 2.75) is 20.0 Å². The molecule has 2 amide bonds. The molecule has 0 aromatic carbocycles. The molecular formula is C5H9N2O2. The van der Waals surface area contributed by atoms with Crippen molar-refractivity contribution in [1.29, 1.82) is 0 Å². The first-order valence-corrected chi connectivity index (χ1v) is 2.56. The number of amides is 2. The van der Waals surface area contributed by atoms with Crippen LogP contribution in [0.3, 0.4) is 0 Å². The van der Waals surface area contributed by atoms with E-state index in [9.17, 15) is 9.59 Å².